The Kier molecular flexibility index (Phi) is 6.42. The van der Waals surface area contributed by atoms with Gasteiger partial charge in [-0.3, -0.25) is 0 Å². The lowest BCUT2D eigenvalue weighted by atomic mass is 9.77. The van der Waals surface area contributed by atoms with E-state index in [1.54, 1.807) is 0 Å². The molecule has 33 heavy (non-hydrogen) atoms. The van der Waals surface area contributed by atoms with Crippen LogP contribution in [0.25, 0.3) is 0 Å². The zero-order valence-corrected chi connectivity index (χ0v) is 21.3. The fraction of sp³-hybridized carbons (Fsp3) is 0.276. The van der Waals surface area contributed by atoms with Crippen molar-refractivity contribution in [2.45, 2.75) is 51.0 Å². The van der Waals surface area contributed by atoms with Gasteiger partial charge >= 0.3 is 0 Å². The summed E-state index contributed by atoms with van der Waals surface area (Å²) in [5.74, 6) is 0. The summed E-state index contributed by atoms with van der Waals surface area (Å²) in [6.07, 6.45) is 4.11. The molecule has 4 rings (SSSR count). The van der Waals surface area contributed by atoms with Gasteiger partial charge in [-0.2, -0.15) is 0 Å². The van der Waals surface area contributed by atoms with Crippen molar-refractivity contribution < 1.29 is 4.43 Å². The molecule has 0 saturated heterocycles. The van der Waals surface area contributed by atoms with Crippen LogP contribution in [0.3, 0.4) is 0 Å². The molecule has 1 heterocycles. The van der Waals surface area contributed by atoms with E-state index in [4.69, 9.17) is 9.41 Å². The first-order valence-electron chi connectivity index (χ1n) is 11.6. The lowest BCUT2D eigenvalue weighted by Crippen LogP contribution is -2.40. The maximum absolute atomic E-state index is 6.49. The Bertz CT molecular complexity index is 1070. The molecule has 0 fully saturated rings. The zero-order valence-electron chi connectivity index (χ0n) is 20.3. The summed E-state index contributed by atoms with van der Waals surface area (Å²) in [5.41, 5.74) is 3.99. The van der Waals surface area contributed by atoms with Crippen LogP contribution in [0.4, 0.5) is 0 Å². The SMILES string of the molecule is CC(C)(C)[Si](C)(C)OCc1cn(C(c2ccccc2)(c2ccccc2)c2ccccc2)cn1. The van der Waals surface area contributed by atoms with Crippen LogP contribution < -0.4 is 0 Å². The second-order valence-electron chi connectivity index (χ2n) is 10.1. The lowest BCUT2D eigenvalue weighted by Gasteiger charge is -2.37. The quantitative estimate of drug-likeness (QED) is 0.217. The third-order valence-corrected chi connectivity index (χ3v) is 11.5. The minimum absolute atomic E-state index is 0.164. The smallest absolute Gasteiger partial charge is 0.192 e. The van der Waals surface area contributed by atoms with Crippen molar-refractivity contribution in [1.82, 2.24) is 9.55 Å². The fourth-order valence-corrected chi connectivity index (χ4v) is 5.02. The number of hydrogen-bond donors (Lipinski definition) is 0. The maximum Gasteiger partial charge on any atom is 0.192 e. The van der Waals surface area contributed by atoms with E-state index in [1.807, 2.05) is 6.33 Å². The molecule has 0 spiro atoms. The van der Waals surface area contributed by atoms with E-state index in [2.05, 4.69) is 136 Å². The number of nitrogens with zero attached hydrogens (tertiary/aromatic N) is 2. The molecule has 1 aromatic heterocycles. The molecule has 4 heteroatoms. The molecule has 0 radical (unpaired) electrons. The summed E-state index contributed by atoms with van der Waals surface area (Å²) in [5, 5.41) is 0.164. The average molecular weight is 455 g/mol. The molecule has 0 N–H and O–H groups in total. The summed E-state index contributed by atoms with van der Waals surface area (Å²) in [4.78, 5) is 4.80. The Balaban J connectivity index is 1.85. The van der Waals surface area contributed by atoms with E-state index >= 15 is 0 Å². The van der Waals surface area contributed by atoms with Gasteiger partial charge in [0.2, 0.25) is 0 Å². The summed E-state index contributed by atoms with van der Waals surface area (Å²) in [6.45, 7) is 11.9. The third-order valence-electron chi connectivity index (χ3n) is 6.99. The Labute approximate surface area is 199 Å². The lowest BCUT2D eigenvalue weighted by molar-refractivity contribution is 0.272. The molecular weight excluding hydrogens is 420 g/mol. The van der Waals surface area contributed by atoms with E-state index in [1.165, 1.54) is 16.7 Å². The molecule has 0 saturated carbocycles. The van der Waals surface area contributed by atoms with Crippen molar-refractivity contribution in [2.24, 2.45) is 0 Å². The highest BCUT2D eigenvalue weighted by Crippen LogP contribution is 2.41. The normalized spacial score (nSPS) is 12.6. The van der Waals surface area contributed by atoms with Crippen LogP contribution in [-0.2, 0) is 16.6 Å². The van der Waals surface area contributed by atoms with Crippen molar-refractivity contribution in [2.75, 3.05) is 0 Å². The highest BCUT2D eigenvalue weighted by molar-refractivity contribution is 6.74. The van der Waals surface area contributed by atoms with E-state index < -0.39 is 13.9 Å². The number of rotatable bonds is 7. The van der Waals surface area contributed by atoms with Crippen LogP contribution in [0.15, 0.2) is 104 Å². The highest BCUT2D eigenvalue weighted by atomic mass is 28.4. The molecule has 3 nitrogen and oxygen atoms in total. The van der Waals surface area contributed by atoms with Crippen LogP contribution in [0, 0.1) is 0 Å². The molecule has 170 valence electrons. The van der Waals surface area contributed by atoms with E-state index in [9.17, 15) is 0 Å². The van der Waals surface area contributed by atoms with E-state index in [0.29, 0.717) is 6.61 Å². The minimum atomic E-state index is -1.87. The Morgan fingerprint density at radius 1 is 0.727 bits per heavy atom. The Morgan fingerprint density at radius 2 is 1.15 bits per heavy atom. The van der Waals surface area contributed by atoms with Crippen molar-refractivity contribution in [3.8, 4) is 0 Å². The number of imidazole rings is 1. The third kappa shape index (κ3) is 4.46. The molecule has 0 atom stereocenters. The largest absolute Gasteiger partial charge is 0.411 e. The molecule has 0 aliphatic rings. The molecular formula is C29H34N2OSi. The molecule has 0 bridgehead atoms. The monoisotopic (exact) mass is 454 g/mol. The van der Waals surface area contributed by atoms with Gasteiger partial charge in [-0.15, -0.1) is 0 Å². The first kappa shape index (κ1) is 23.2. The van der Waals surface area contributed by atoms with Gasteiger partial charge < -0.3 is 8.99 Å². The van der Waals surface area contributed by atoms with Gasteiger partial charge in [0.25, 0.3) is 0 Å². The Hall–Kier alpha value is -2.95. The molecule has 0 aliphatic carbocycles. The predicted octanol–water partition coefficient (Wildman–Crippen LogP) is 7.25. The second kappa shape index (κ2) is 9.12. The zero-order chi connectivity index (χ0) is 23.5. The minimum Gasteiger partial charge on any atom is -0.411 e. The van der Waals surface area contributed by atoms with Crippen LogP contribution >= 0.6 is 0 Å². The average Bonchev–Trinajstić information content (AvgIpc) is 3.29. The maximum atomic E-state index is 6.49. The van der Waals surface area contributed by atoms with Gasteiger partial charge in [-0.1, -0.05) is 112 Å². The fourth-order valence-electron chi connectivity index (χ4n) is 4.08. The summed E-state index contributed by atoms with van der Waals surface area (Å²) >= 11 is 0. The predicted molar refractivity (Wildman–Crippen MR) is 139 cm³/mol. The molecule has 0 unspecified atom stereocenters. The van der Waals surface area contributed by atoms with Crippen molar-refractivity contribution in [3.63, 3.8) is 0 Å². The number of aromatic nitrogens is 2. The standard InChI is InChI=1S/C29H34N2OSi/c1-28(2,3)33(4,5)32-22-27-21-31(23-30-27)29(24-15-9-6-10-16-24,25-17-11-7-12-18-25)26-19-13-8-14-20-26/h6-21,23H,22H2,1-5H3. The first-order chi connectivity index (χ1) is 15.7. The van der Waals surface area contributed by atoms with E-state index in [-0.39, 0.29) is 5.04 Å². The van der Waals surface area contributed by atoms with E-state index in [0.717, 1.165) is 5.69 Å². The summed E-state index contributed by atoms with van der Waals surface area (Å²) < 4.78 is 8.73. The van der Waals surface area contributed by atoms with Crippen LogP contribution in [-0.4, -0.2) is 17.9 Å². The van der Waals surface area contributed by atoms with Crippen LogP contribution in [0.2, 0.25) is 18.1 Å². The van der Waals surface area contributed by atoms with Gasteiger partial charge in [0.15, 0.2) is 8.32 Å². The van der Waals surface area contributed by atoms with Crippen molar-refractivity contribution in [3.05, 3.63) is 126 Å². The van der Waals surface area contributed by atoms with Gasteiger partial charge in [0.1, 0.15) is 5.54 Å². The van der Waals surface area contributed by atoms with Gasteiger partial charge in [-0.05, 0) is 34.8 Å². The van der Waals surface area contributed by atoms with Crippen molar-refractivity contribution >= 4 is 8.32 Å². The summed E-state index contributed by atoms with van der Waals surface area (Å²) in [6, 6.07) is 32.0. The topological polar surface area (TPSA) is 27.1 Å². The Morgan fingerprint density at radius 3 is 1.55 bits per heavy atom. The van der Waals surface area contributed by atoms with Gasteiger partial charge in [0.05, 0.1) is 18.6 Å². The molecule has 3 aromatic carbocycles. The number of hydrogen-bond acceptors (Lipinski definition) is 2. The first-order valence-corrected chi connectivity index (χ1v) is 14.5. The van der Waals surface area contributed by atoms with Crippen LogP contribution in [0.5, 0.6) is 0 Å². The molecule has 4 aromatic rings. The van der Waals surface area contributed by atoms with Gasteiger partial charge in [0, 0.05) is 6.20 Å². The van der Waals surface area contributed by atoms with Gasteiger partial charge in [-0.25, -0.2) is 4.98 Å². The molecule has 0 amide bonds. The molecule has 0 aliphatic heterocycles. The highest BCUT2D eigenvalue weighted by Gasteiger charge is 2.39. The second-order valence-corrected chi connectivity index (χ2v) is 14.9. The van der Waals surface area contributed by atoms with Crippen molar-refractivity contribution in [1.29, 1.82) is 0 Å². The van der Waals surface area contributed by atoms with Crippen LogP contribution in [0.1, 0.15) is 43.2 Å². The summed E-state index contributed by atoms with van der Waals surface area (Å²) in [7, 11) is -1.87. The number of benzene rings is 3.